The van der Waals surface area contributed by atoms with Gasteiger partial charge < -0.3 is 9.84 Å². The molecule has 0 bridgehead atoms. The molecule has 0 saturated carbocycles. The van der Waals surface area contributed by atoms with Crippen molar-refractivity contribution in [2.75, 3.05) is 6.61 Å². The van der Waals surface area contributed by atoms with Crippen LogP contribution < -0.4 is 10.2 Å². The molecule has 0 saturated heterocycles. The fraction of sp³-hybridized carbons (Fsp3) is 0.0476. The van der Waals surface area contributed by atoms with E-state index in [1.807, 2.05) is 54.6 Å². The fourth-order valence-electron chi connectivity index (χ4n) is 2.36. The summed E-state index contributed by atoms with van der Waals surface area (Å²) in [4.78, 5) is 11.8. The number of ether oxygens (including phenoxy) is 1. The van der Waals surface area contributed by atoms with Crippen molar-refractivity contribution >= 4 is 28.1 Å². The van der Waals surface area contributed by atoms with E-state index in [-0.39, 0.29) is 12.4 Å². The number of benzene rings is 3. The second-order valence-electron chi connectivity index (χ2n) is 5.68. The monoisotopic (exact) mass is 424 g/mol. The molecule has 3 rings (SSSR count). The Bertz CT molecular complexity index is 941. The minimum atomic E-state index is -0.395. The van der Waals surface area contributed by atoms with Gasteiger partial charge in [-0.15, -0.1) is 0 Å². The highest BCUT2D eigenvalue weighted by Crippen LogP contribution is 2.22. The number of hydrazone groups is 1. The van der Waals surface area contributed by atoms with E-state index in [2.05, 4.69) is 26.5 Å². The zero-order valence-electron chi connectivity index (χ0n) is 14.3. The zero-order chi connectivity index (χ0) is 19.1. The Balaban J connectivity index is 1.50. The van der Waals surface area contributed by atoms with Gasteiger partial charge in [0, 0.05) is 10.0 Å². The Morgan fingerprint density at radius 3 is 2.48 bits per heavy atom. The average molecular weight is 425 g/mol. The number of rotatable bonds is 6. The van der Waals surface area contributed by atoms with E-state index >= 15 is 0 Å². The van der Waals surface area contributed by atoms with Crippen LogP contribution in [-0.4, -0.2) is 23.8 Å². The lowest BCUT2D eigenvalue weighted by atomic mass is 10.1. The number of nitrogens with zero attached hydrogens (tertiary/aromatic N) is 1. The summed E-state index contributed by atoms with van der Waals surface area (Å²) in [5.74, 6) is 0.275. The lowest BCUT2D eigenvalue weighted by Crippen LogP contribution is -2.24. The fourth-order valence-corrected chi connectivity index (χ4v) is 2.74. The second kappa shape index (κ2) is 9.00. The van der Waals surface area contributed by atoms with Gasteiger partial charge >= 0.3 is 0 Å². The molecule has 0 radical (unpaired) electrons. The molecule has 0 aliphatic heterocycles. The summed E-state index contributed by atoms with van der Waals surface area (Å²) in [5.41, 5.74) is 5.04. The van der Waals surface area contributed by atoms with Gasteiger partial charge in [-0.1, -0.05) is 58.4 Å². The molecular formula is C21H17BrN2O3. The van der Waals surface area contributed by atoms with Gasteiger partial charge in [-0.25, -0.2) is 5.43 Å². The molecule has 3 aromatic carbocycles. The standard InChI is InChI=1S/C21H17BrN2O3/c22-18-8-11-20(25)17(12-18)13-23-24-21(26)14-27-19-9-6-16(7-10-19)15-4-2-1-3-5-15/h1-13,25H,14H2,(H,24,26)/b23-13-. The van der Waals surface area contributed by atoms with Gasteiger partial charge in [-0.2, -0.15) is 5.10 Å². The molecule has 27 heavy (non-hydrogen) atoms. The van der Waals surface area contributed by atoms with E-state index in [4.69, 9.17) is 4.74 Å². The smallest absolute Gasteiger partial charge is 0.277 e. The first-order valence-electron chi connectivity index (χ1n) is 8.20. The predicted molar refractivity (Wildman–Crippen MR) is 109 cm³/mol. The van der Waals surface area contributed by atoms with E-state index in [1.54, 1.807) is 12.1 Å². The second-order valence-corrected chi connectivity index (χ2v) is 6.59. The van der Waals surface area contributed by atoms with Crippen LogP contribution >= 0.6 is 15.9 Å². The van der Waals surface area contributed by atoms with Gasteiger partial charge in [0.2, 0.25) is 0 Å². The number of nitrogens with one attached hydrogen (secondary N) is 1. The van der Waals surface area contributed by atoms with Crippen molar-refractivity contribution in [1.29, 1.82) is 0 Å². The lowest BCUT2D eigenvalue weighted by Gasteiger charge is -2.07. The number of amides is 1. The maximum absolute atomic E-state index is 11.8. The van der Waals surface area contributed by atoms with E-state index in [0.29, 0.717) is 11.3 Å². The topological polar surface area (TPSA) is 70.9 Å². The highest BCUT2D eigenvalue weighted by molar-refractivity contribution is 9.10. The number of carbonyl (C=O) groups excluding carboxylic acids is 1. The molecule has 0 aromatic heterocycles. The van der Waals surface area contributed by atoms with Crippen LogP contribution in [0.5, 0.6) is 11.5 Å². The number of phenols is 1. The Labute approximate surface area is 165 Å². The van der Waals surface area contributed by atoms with Crippen molar-refractivity contribution < 1.29 is 14.6 Å². The SMILES string of the molecule is O=C(COc1ccc(-c2ccccc2)cc1)N/N=C\c1cc(Br)ccc1O. The first kappa shape index (κ1) is 18.7. The number of halogens is 1. The van der Waals surface area contributed by atoms with Crippen LogP contribution in [0.2, 0.25) is 0 Å². The van der Waals surface area contributed by atoms with E-state index in [9.17, 15) is 9.90 Å². The summed E-state index contributed by atoms with van der Waals surface area (Å²) < 4.78 is 6.26. The van der Waals surface area contributed by atoms with Crippen molar-refractivity contribution in [3.8, 4) is 22.6 Å². The van der Waals surface area contributed by atoms with Crippen LogP contribution in [-0.2, 0) is 4.79 Å². The van der Waals surface area contributed by atoms with Crippen LogP contribution in [0.25, 0.3) is 11.1 Å². The Morgan fingerprint density at radius 1 is 1.04 bits per heavy atom. The van der Waals surface area contributed by atoms with Crippen LogP contribution in [0.4, 0.5) is 0 Å². The van der Waals surface area contributed by atoms with Gasteiger partial charge in [0.1, 0.15) is 11.5 Å². The summed E-state index contributed by atoms with van der Waals surface area (Å²) in [7, 11) is 0. The van der Waals surface area contributed by atoms with Gasteiger partial charge in [0.25, 0.3) is 5.91 Å². The van der Waals surface area contributed by atoms with Crippen LogP contribution in [0.3, 0.4) is 0 Å². The summed E-state index contributed by atoms with van der Waals surface area (Å²) in [6.07, 6.45) is 1.37. The third-order valence-electron chi connectivity index (χ3n) is 3.71. The molecule has 3 aromatic rings. The molecule has 1 amide bonds. The first-order chi connectivity index (χ1) is 13.1. The molecule has 0 spiro atoms. The molecule has 0 atom stereocenters. The largest absolute Gasteiger partial charge is 0.507 e. The summed E-state index contributed by atoms with van der Waals surface area (Å²) in [5, 5.41) is 13.5. The Hall–Kier alpha value is -3.12. The number of carbonyl (C=O) groups is 1. The number of hydrogen-bond donors (Lipinski definition) is 2. The molecule has 0 heterocycles. The molecule has 136 valence electrons. The molecule has 5 nitrogen and oxygen atoms in total. The highest BCUT2D eigenvalue weighted by atomic mass is 79.9. The van der Waals surface area contributed by atoms with Crippen LogP contribution in [0.15, 0.2) is 82.4 Å². The van der Waals surface area contributed by atoms with Gasteiger partial charge in [-0.05, 0) is 41.5 Å². The quantitative estimate of drug-likeness (QED) is 0.456. The normalized spacial score (nSPS) is 10.7. The number of phenolic OH excluding ortho intramolecular Hbond substituents is 1. The summed E-state index contributed by atoms with van der Waals surface area (Å²) in [6, 6.07) is 22.5. The maximum Gasteiger partial charge on any atom is 0.277 e. The van der Waals surface area contributed by atoms with E-state index < -0.39 is 5.91 Å². The van der Waals surface area contributed by atoms with Crippen molar-refractivity contribution in [2.45, 2.75) is 0 Å². The number of aromatic hydroxyl groups is 1. The molecule has 0 unspecified atom stereocenters. The molecule has 2 N–H and O–H groups in total. The van der Waals surface area contributed by atoms with E-state index in [1.165, 1.54) is 12.3 Å². The maximum atomic E-state index is 11.8. The number of hydrogen-bond acceptors (Lipinski definition) is 4. The third kappa shape index (κ3) is 5.43. The predicted octanol–water partition coefficient (Wildman–Crippen LogP) is 4.35. The lowest BCUT2D eigenvalue weighted by molar-refractivity contribution is -0.123. The third-order valence-corrected chi connectivity index (χ3v) is 4.21. The zero-order valence-corrected chi connectivity index (χ0v) is 15.9. The molecule has 0 aliphatic carbocycles. The van der Waals surface area contributed by atoms with Crippen LogP contribution in [0.1, 0.15) is 5.56 Å². The first-order valence-corrected chi connectivity index (χ1v) is 9.00. The average Bonchev–Trinajstić information content (AvgIpc) is 2.70. The molecule has 6 heteroatoms. The Kier molecular flexibility index (Phi) is 6.22. The highest BCUT2D eigenvalue weighted by Gasteiger charge is 2.03. The van der Waals surface area contributed by atoms with Crippen molar-refractivity contribution in [3.63, 3.8) is 0 Å². The van der Waals surface area contributed by atoms with Gasteiger partial charge in [-0.3, -0.25) is 4.79 Å². The minimum Gasteiger partial charge on any atom is -0.507 e. The Morgan fingerprint density at radius 2 is 1.74 bits per heavy atom. The van der Waals surface area contributed by atoms with Gasteiger partial charge in [0.15, 0.2) is 6.61 Å². The minimum absolute atomic E-state index is 0.0750. The van der Waals surface area contributed by atoms with Crippen molar-refractivity contribution in [2.24, 2.45) is 5.10 Å². The summed E-state index contributed by atoms with van der Waals surface area (Å²) in [6.45, 7) is -0.160. The van der Waals surface area contributed by atoms with Gasteiger partial charge in [0.05, 0.1) is 6.21 Å². The molecule has 0 fully saturated rings. The van der Waals surface area contributed by atoms with E-state index in [0.717, 1.165) is 15.6 Å². The van der Waals surface area contributed by atoms with Crippen molar-refractivity contribution in [1.82, 2.24) is 5.43 Å². The molecular weight excluding hydrogens is 408 g/mol. The summed E-state index contributed by atoms with van der Waals surface area (Å²) >= 11 is 3.31. The van der Waals surface area contributed by atoms with Crippen LogP contribution in [0, 0.1) is 0 Å². The van der Waals surface area contributed by atoms with Crippen molar-refractivity contribution in [3.05, 3.63) is 82.8 Å². The molecule has 0 aliphatic rings.